The Morgan fingerprint density at radius 1 is 1.30 bits per heavy atom. The molecule has 0 aliphatic carbocycles. The van der Waals surface area contributed by atoms with Gasteiger partial charge in [-0.05, 0) is 82.6 Å². The zero-order valence-electron chi connectivity index (χ0n) is 14.3. The van der Waals surface area contributed by atoms with Crippen LogP contribution in [0.15, 0.2) is 12.3 Å². The summed E-state index contributed by atoms with van der Waals surface area (Å²) >= 11 is 0. The van der Waals surface area contributed by atoms with Crippen LogP contribution in [0.3, 0.4) is 0 Å². The molecule has 0 saturated heterocycles. The van der Waals surface area contributed by atoms with Crippen molar-refractivity contribution in [2.45, 2.75) is 65.4 Å². The van der Waals surface area contributed by atoms with Crippen LogP contribution in [0.5, 0.6) is 11.5 Å². The van der Waals surface area contributed by atoms with E-state index in [1.54, 1.807) is 6.08 Å². The van der Waals surface area contributed by atoms with E-state index < -0.39 is 4.92 Å². The van der Waals surface area contributed by atoms with Crippen LogP contribution in [0.1, 0.15) is 54.9 Å². The maximum Gasteiger partial charge on any atom is 0.230 e. The zero-order chi connectivity index (χ0) is 17.2. The summed E-state index contributed by atoms with van der Waals surface area (Å²) in [6, 6.07) is 0. The van der Waals surface area contributed by atoms with Crippen molar-refractivity contribution in [3.63, 3.8) is 0 Å². The van der Waals surface area contributed by atoms with Gasteiger partial charge in [-0.15, -0.1) is 0 Å². The number of phenols is 1. The molecule has 1 aromatic rings. The van der Waals surface area contributed by atoms with E-state index in [4.69, 9.17) is 4.74 Å². The number of benzene rings is 1. The Kier molecular flexibility index (Phi) is 4.97. The molecule has 1 heterocycles. The van der Waals surface area contributed by atoms with E-state index in [9.17, 15) is 15.2 Å². The third kappa shape index (κ3) is 3.66. The lowest BCUT2D eigenvalue weighted by atomic mass is 9.85. The van der Waals surface area contributed by atoms with Gasteiger partial charge in [0.05, 0.1) is 4.92 Å². The Morgan fingerprint density at radius 3 is 2.65 bits per heavy atom. The van der Waals surface area contributed by atoms with Gasteiger partial charge in [0.2, 0.25) is 6.20 Å². The molecule has 0 saturated carbocycles. The largest absolute Gasteiger partial charge is 0.507 e. The molecule has 0 spiro atoms. The number of nitro groups is 1. The molecule has 0 radical (unpaired) electrons. The van der Waals surface area contributed by atoms with Gasteiger partial charge >= 0.3 is 0 Å². The van der Waals surface area contributed by atoms with Crippen molar-refractivity contribution in [3.8, 4) is 11.5 Å². The maximum atomic E-state index is 10.3. The lowest BCUT2D eigenvalue weighted by Gasteiger charge is -2.38. The molecule has 1 atom stereocenters. The molecule has 1 aliphatic rings. The molecule has 1 aliphatic heterocycles. The van der Waals surface area contributed by atoms with Crippen molar-refractivity contribution < 1.29 is 14.8 Å². The summed E-state index contributed by atoms with van der Waals surface area (Å²) in [6.45, 7) is 7.94. The summed E-state index contributed by atoms with van der Waals surface area (Å²) in [5.74, 6) is 1.28. The Hall–Kier alpha value is -2.04. The minimum atomic E-state index is -0.434. The SMILES string of the molecule is Cc1c(C)c2c(c(C)c1O)CCC(C)(CCCC=C[N+](=O)[O-])O2. The number of phenolic OH excluding ortho intramolecular Hbond substituents is 1. The number of allylic oxidation sites excluding steroid dienone is 1. The molecule has 5 heteroatoms. The van der Waals surface area contributed by atoms with Crippen LogP contribution in [0.4, 0.5) is 0 Å². The first-order valence-corrected chi connectivity index (χ1v) is 8.06. The van der Waals surface area contributed by atoms with E-state index >= 15 is 0 Å². The minimum Gasteiger partial charge on any atom is -0.507 e. The Balaban J connectivity index is 2.11. The molecule has 5 nitrogen and oxygen atoms in total. The Bertz CT molecular complexity index is 651. The van der Waals surface area contributed by atoms with Gasteiger partial charge in [0.25, 0.3) is 0 Å². The number of unbranched alkanes of at least 4 members (excludes halogenated alkanes) is 1. The normalized spacial score (nSPS) is 20.3. The minimum absolute atomic E-state index is 0.254. The standard InChI is InChI=1S/C18H25NO4/c1-12-13(2)17-15(14(3)16(12)20)8-10-18(4,23-17)9-6-5-7-11-19(21)22/h7,11,20H,5-6,8-10H2,1-4H3. The van der Waals surface area contributed by atoms with Crippen LogP contribution in [0, 0.1) is 30.9 Å². The zero-order valence-corrected chi connectivity index (χ0v) is 14.3. The molecular formula is C18H25NO4. The molecule has 0 amide bonds. The van der Waals surface area contributed by atoms with Crippen molar-refractivity contribution in [2.24, 2.45) is 0 Å². The van der Waals surface area contributed by atoms with Crippen molar-refractivity contribution in [1.29, 1.82) is 0 Å². The summed E-state index contributed by atoms with van der Waals surface area (Å²) in [5.41, 5.74) is 3.65. The molecule has 0 fully saturated rings. The first kappa shape index (κ1) is 17.3. The summed E-state index contributed by atoms with van der Waals surface area (Å²) in [6.07, 6.45) is 6.76. The van der Waals surface area contributed by atoms with E-state index in [0.29, 0.717) is 12.2 Å². The molecule has 0 bridgehead atoms. The van der Waals surface area contributed by atoms with Gasteiger partial charge < -0.3 is 9.84 Å². The second kappa shape index (κ2) is 6.60. The van der Waals surface area contributed by atoms with Crippen LogP contribution >= 0.6 is 0 Å². The molecule has 1 N–H and O–H groups in total. The van der Waals surface area contributed by atoms with Crippen molar-refractivity contribution in [2.75, 3.05) is 0 Å². The van der Waals surface area contributed by atoms with Crippen molar-refractivity contribution in [1.82, 2.24) is 0 Å². The second-order valence-electron chi connectivity index (χ2n) is 6.65. The van der Waals surface area contributed by atoms with Crippen molar-refractivity contribution >= 4 is 0 Å². The van der Waals surface area contributed by atoms with E-state index in [0.717, 1.165) is 59.9 Å². The van der Waals surface area contributed by atoms with Gasteiger partial charge in [-0.25, -0.2) is 0 Å². The smallest absolute Gasteiger partial charge is 0.230 e. The number of rotatable bonds is 5. The Labute approximate surface area is 137 Å². The van der Waals surface area contributed by atoms with Gasteiger partial charge in [-0.1, -0.05) is 0 Å². The monoisotopic (exact) mass is 319 g/mol. The number of hydrogen-bond donors (Lipinski definition) is 1. The van der Waals surface area contributed by atoms with Gasteiger partial charge in [0.15, 0.2) is 0 Å². The molecule has 0 aromatic heterocycles. The average molecular weight is 319 g/mol. The highest BCUT2D eigenvalue weighted by Crippen LogP contribution is 2.44. The third-order valence-corrected chi connectivity index (χ3v) is 4.90. The quantitative estimate of drug-likeness (QED) is 0.497. The summed E-state index contributed by atoms with van der Waals surface area (Å²) in [4.78, 5) is 9.83. The predicted octanol–water partition coefficient (Wildman–Crippen LogP) is 4.36. The van der Waals surface area contributed by atoms with Crippen LogP contribution in [-0.2, 0) is 6.42 Å². The molecule has 126 valence electrons. The summed E-state index contributed by atoms with van der Waals surface area (Å²) in [7, 11) is 0. The Morgan fingerprint density at radius 2 is 2.00 bits per heavy atom. The average Bonchev–Trinajstić information content (AvgIpc) is 2.50. The van der Waals surface area contributed by atoms with Gasteiger partial charge in [0, 0.05) is 5.56 Å². The van der Waals surface area contributed by atoms with Crippen molar-refractivity contribution in [3.05, 3.63) is 44.6 Å². The fourth-order valence-corrected chi connectivity index (χ4v) is 3.23. The highest BCUT2D eigenvalue weighted by molar-refractivity contribution is 5.58. The highest BCUT2D eigenvalue weighted by Gasteiger charge is 2.33. The van der Waals surface area contributed by atoms with Gasteiger partial charge in [0.1, 0.15) is 17.1 Å². The van der Waals surface area contributed by atoms with Crippen LogP contribution < -0.4 is 4.74 Å². The topological polar surface area (TPSA) is 72.6 Å². The van der Waals surface area contributed by atoms with Crippen LogP contribution in [0.2, 0.25) is 0 Å². The van der Waals surface area contributed by atoms with E-state index in [2.05, 4.69) is 6.92 Å². The maximum absolute atomic E-state index is 10.3. The summed E-state index contributed by atoms with van der Waals surface area (Å²) in [5, 5.41) is 20.5. The van der Waals surface area contributed by atoms with Crippen LogP contribution in [-0.4, -0.2) is 15.6 Å². The first-order chi connectivity index (χ1) is 10.7. The number of fused-ring (bicyclic) bond motifs is 1. The lowest BCUT2D eigenvalue weighted by Crippen LogP contribution is -2.37. The van der Waals surface area contributed by atoms with Gasteiger partial charge in [-0.2, -0.15) is 0 Å². The molecule has 1 aromatic carbocycles. The third-order valence-electron chi connectivity index (χ3n) is 4.90. The second-order valence-corrected chi connectivity index (χ2v) is 6.65. The molecular weight excluding hydrogens is 294 g/mol. The number of ether oxygens (including phenoxy) is 1. The van der Waals surface area contributed by atoms with Gasteiger partial charge in [-0.3, -0.25) is 10.1 Å². The lowest BCUT2D eigenvalue weighted by molar-refractivity contribution is -0.402. The van der Waals surface area contributed by atoms with Crippen LogP contribution in [0.25, 0.3) is 0 Å². The van der Waals surface area contributed by atoms with E-state index in [1.165, 1.54) is 0 Å². The highest BCUT2D eigenvalue weighted by atomic mass is 16.6. The number of nitrogens with zero attached hydrogens (tertiary/aromatic N) is 1. The predicted molar refractivity (Wildman–Crippen MR) is 89.7 cm³/mol. The molecule has 23 heavy (non-hydrogen) atoms. The fraction of sp³-hybridized carbons (Fsp3) is 0.556. The molecule has 2 rings (SSSR count). The first-order valence-electron chi connectivity index (χ1n) is 8.06. The van der Waals surface area contributed by atoms with E-state index in [1.807, 2.05) is 20.8 Å². The molecule has 1 unspecified atom stereocenters. The number of aromatic hydroxyl groups is 1. The number of hydrogen-bond acceptors (Lipinski definition) is 4. The summed E-state index contributed by atoms with van der Waals surface area (Å²) < 4.78 is 6.33. The fourth-order valence-electron chi connectivity index (χ4n) is 3.23. The van der Waals surface area contributed by atoms with E-state index in [-0.39, 0.29) is 5.60 Å².